The molecule has 8 heteroatoms. The van der Waals surface area contributed by atoms with E-state index in [0.717, 1.165) is 0 Å². The van der Waals surface area contributed by atoms with Crippen LogP contribution >= 0.6 is 0 Å². The second-order valence-electron chi connectivity index (χ2n) is 4.42. The third-order valence-electron chi connectivity index (χ3n) is 2.92. The molecule has 0 bridgehead atoms. The molecule has 1 amide bonds. The summed E-state index contributed by atoms with van der Waals surface area (Å²) < 4.78 is 23.3. The fourth-order valence-corrected chi connectivity index (χ4v) is 3.69. The van der Waals surface area contributed by atoms with Gasteiger partial charge in [-0.1, -0.05) is 6.42 Å². The van der Waals surface area contributed by atoms with E-state index in [1.165, 1.54) is 6.92 Å². The molecule has 1 aliphatic heterocycles. The van der Waals surface area contributed by atoms with Gasteiger partial charge in [-0.15, -0.1) is 0 Å². The number of aliphatic hydroxyl groups is 1. The number of carboxylic acid groups (broad SMARTS) is 1. The molecule has 0 aromatic carbocycles. The Balaban J connectivity index is 2.78. The Hall–Kier alpha value is -1.15. The van der Waals surface area contributed by atoms with Crippen molar-refractivity contribution in [1.29, 1.82) is 0 Å². The van der Waals surface area contributed by atoms with E-state index in [4.69, 9.17) is 5.11 Å². The first-order valence-corrected chi connectivity index (χ1v) is 7.40. The number of sulfone groups is 1. The second-order valence-corrected chi connectivity index (χ2v) is 6.72. The number of aliphatic hydroxyl groups excluding tert-OH is 1. The van der Waals surface area contributed by atoms with Crippen molar-refractivity contribution in [3.63, 3.8) is 0 Å². The third kappa shape index (κ3) is 3.42. The van der Waals surface area contributed by atoms with Gasteiger partial charge in [0.2, 0.25) is 5.91 Å². The van der Waals surface area contributed by atoms with E-state index in [-0.39, 0.29) is 12.2 Å². The normalized spacial score (nSPS) is 26.0. The van der Waals surface area contributed by atoms with Crippen molar-refractivity contribution >= 4 is 21.7 Å². The van der Waals surface area contributed by atoms with Gasteiger partial charge in [0.15, 0.2) is 15.9 Å². The highest BCUT2D eigenvalue weighted by atomic mass is 32.2. The van der Waals surface area contributed by atoms with Crippen LogP contribution in [0.2, 0.25) is 0 Å². The molecule has 1 heterocycles. The first kappa shape index (κ1) is 14.9. The highest BCUT2D eigenvalue weighted by Crippen LogP contribution is 2.19. The molecular formula is C10H17NO6S. The summed E-state index contributed by atoms with van der Waals surface area (Å²) in [6.45, 7) is 1.22. The van der Waals surface area contributed by atoms with E-state index < -0.39 is 39.1 Å². The molecule has 0 radical (unpaired) electrons. The molecule has 1 rings (SSSR count). The molecule has 0 spiro atoms. The van der Waals surface area contributed by atoms with Gasteiger partial charge in [0, 0.05) is 0 Å². The van der Waals surface area contributed by atoms with Crippen LogP contribution in [0.4, 0.5) is 0 Å². The Morgan fingerprint density at radius 1 is 1.33 bits per heavy atom. The number of carbonyl (C=O) groups is 2. The zero-order chi connectivity index (χ0) is 13.9. The lowest BCUT2D eigenvalue weighted by Gasteiger charge is -2.24. The predicted molar refractivity (Wildman–Crippen MR) is 62.7 cm³/mol. The lowest BCUT2D eigenvalue weighted by atomic mass is 10.1. The van der Waals surface area contributed by atoms with Crippen molar-refractivity contribution in [1.82, 2.24) is 5.32 Å². The molecule has 104 valence electrons. The van der Waals surface area contributed by atoms with E-state index >= 15 is 0 Å². The minimum absolute atomic E-state index is 0.0580. The van der Waals surface area contributed by atoms with Crippen molar-refractivity contribution < 1.29 is 28.2 Å². The van der Waals surface area contributed by atoms with Crippen molar-refractivity contribution in [2.75, 3.05) is 5.75 Å². The van der Waals surface area contributed by atoms with Gasteiger partial charge in [-0.05, 0) is 19.8 Å². The number of aliphatic carboxylic acids is 1. The molecule has 3 unspecified atom stereocenters. The van der Waals surface area contributed by atoms with E-state index in [2.05, 4.69) is 5.32 Å². The van der Waals surface area contributed by atoms with Crippen LogP contribution in [0.5, 0.6) is 0 Å². The summed E-state index contributed by atoms with van der Waals surface area (Å²) in [7, 11) is -3.51. The molecule has 0 aromatic rings. The Bertz CT molecular complexity index is 430. The fraction of sp³-hybridized carbons (Fsp3) is 0.800. The Morgan fingerprint density at radius 3 is 2.39 bits per heavy atom. The molecule has 1 aliphatic rings. The van der Waals surface area contributed by atoms with Gasteiger partial charge in [0.25, 0.3) is 0 Å². The van der Waals surface area contributed by atoms with Crippen LogP contribution in [0.15, 0.2) is 0 Å². The highest BCUT2D eigenvalue weighted by molar-refractivity contribution is 7.92. The topological polar surface area (TPSA) is 121 Å². The molecule has 7 nitrogen and oxygen atoms in total. The van der Waals surface area contributed by atoms with Crippen LogP contribution in [-0.2, 0) is 19.4 Å². The number of nitrogens with one attached hydrogen (secondary N) is 1. The van der Waals surface area contributed by atoms with E-state index in [9.17, 15) is 23.1 Å². The summed E-state index contributed by atoms with van der Waals surface area (Å²) in [5.74, 6) is -2.30. The average Bonchev–Trinajstić information content (AvgIpc) is 2.23. The van der Waals surface area contributed by atoms with Crippen molar-refractivity contribution in [2.45, 2.75) is 43.6 Å². The SMILES string of the molecule is CC(O)C(NC(=O)C1CCCCS1(=O)=O)C(=O)O. The molecule has 0 saturated carbocycles. The second kappa shape index (κ2) is 5.66. The number of hydrogen-bond donors (Lipinski definition) is 3. The summed E-state index contributed by atoms with van der Waals surface area (Å²) in [6, 6.07) is -1.49. The standard InChI is InChI=1S/C10H17NO6S/c1-6(12)8(10(14)15)11-9(13)7-4-2-3-5-18(7,16)17/h6-8,12H,2-5H2,1H3,(H,11,13)(H,14,15). The maximum atomic E-state index is 11.8. The zero-order valence-electron chi connectivity index (χ0n) is 10.00. The van der Waals surface area contributed by atoms with E-state index in [0.29, 0.717) is 12.8 Å². The average molecular weight is 279 g/mol. The van der Waals surface area contributed by atoms with Crippen LogP contribution < -0.4 is 5.32 Å². The van der Waals surface area contributed by atoms with Gasteiger partial charge in [-0.2, -0.15) is 0 Å². The number of hydrogen-bond acceptors (Lipinski definition) is 5. The van der Waals surface area contributed by atoms with Crippen molar-refractivity contribution in [3.8, 4) is 0 Å². The van der Waals surface area contributed by atoms with Gasteiger partial charge in [-0.3, -0.25) is 4.79 Å². The van der Waals surface area contributed by atoms with Crippen molar-refractivity contribution in [3.05, 3.63) is 0 Å². The summed E-state index contributed by atoms with van der Waals surface area (Å²) in [5.41, 5.74) is 0. The summed E-state index contributed by atoms with van der Waals surface area (Å²) in [6.07, 6.45) is 0.0345. The minimum Gasteiger partial charge on any atom is -0.480 e. The van der Waals surface area contributed by atoms with E-state index in [1.807, 2.05) is 0 Å². The Labute approximate surface area is 105 Å². The fourth-order valence-electron chi connectivity index (χ4n) is 1.88. The molecular weight excluding hydrogens is 262 g/mol. The molecule has 0 aromatic heterocycles. The van der Waals surface area contributed by atoms with Crippen LogP contribution in [0, 0.1) is 0 Å². The summed E-state index contributed by atoms with van der Waals surface area (Å²) in [5, 5.41) is 18.9. The smallest absolute Gasteiger partial charge is 0.328 e. The monoisotopic (exact) mass is 279 g/mol. The largest absolute Gasteiger partial charge is 0.480 e. The maximum absolute atomic E-state index is 11.8. The molecule has 1 saturated heterocycles. The van der Waals surface area contributed by atoms with Crippen LogP contribution in [0.3, 0.4) is 0 Å². The molecule has 0 aliphatic carbocycles. The van der Waals surface area contributed by atoms with E-state index in [1.54, 1.807) is 0 Å². The number of carboxylic acids is 1. The molecule has 3 atom stereocenters. The Kier molecular flexibility index (Phi) is 4.69. The van der Waals surface area contributed by atoms with Gasteiger partial charge >= 0.3 is 5.97 Å². The quantitative estimate of drug-likeness (QED) is 0.601. The lowest BCUT2D eigenvalue weighted by molar-refractivity contribution is -0.144. The van der Waals surface area contributed by atoms with Crippen LogP contribution in [-0.4, -0.2) is 53.7 Å². The van der Waals surface area contributed by atoms with Gasteiger partial charge in [0.05, 0.1) is 11.9 Å². The lowest BCUT2D eigenvalue weighted by Crippen LogP contribution is -2.53. The first-order chi connectivity index (χ1) is 8.25. The molecule has 18 heavy (non-hydrogen) atoms. The van der Waals surface area contributed by atoms with Gasteiger partial charge < -0.3 is 15.5 Å². The maximum Gasteiger partial charge on any atom is 0.328 e. The van der Waals surface area contributed by atoms with Gasteiger partial charge in [0.1, 0.15) is 5.25 Å². The van der Waals surface area contributed by atoms with Gasteiger partial charge in [-0.25, -0.2) is 13.2 Å². The van der Waals surface area contributed by atoms with Crippen LogP contribution in [0.25, 0.3) is 0 Å². The number of carbonyl (C=O) groups excluding carboxylic acids is 1. The molecule has 1 fully saturated rings. The van der Waals surface area contributed by atoms with Crippen LogP contribution in [0.1, 0.15) is 26.2 Å². The number of amides is 1. The minimum atomic E-state index is -3.51. The predicted octanol–water partition coefficient (Wildman–Crippen LogP) is -1.10. The zero-order valence-corrected chi connectivity index (χ0v) is 10.8. The van der Waals surface area contributed by atoms with Crippen molar-refractivity contribution in [2.24, 2.45) is 0 Å². The summed E-state index contributed by atoms with van der Waals surface area (Å²) in [4.78, 5) is 22.6. The summed E-state index contributed by atoms with van der Waals surface area (Å²) >= 11 is 0. The molecule has 3 N–H and O–H groups in total. The number of rotatable bonds is 4. The highest BCUT2D eigenvalue weighted by Gasteiger charge is 2.37. The third-order valence-corrected chi connectivity index (χ3v) is 5.09. The first-order valence-electron chi connectivity index (χ1n) is 5.68. The Morgan fingerprint density at radius 2 is 1.94 bits per heavy atom.